The molecule has 5 rings (SSSR count). The summed E-state index contributed by atoms with van der Waals surface area (Å²) < 4.78 is 0. The molecule has 1 aromatic heterocycles. The maximum atomic E-state index is 4.00. The van der Waals surface area contributed by atoms with Crippen molar-refractivity contribution in [3.05, 3.63) is 95.1 Å². The van der Waals surface area contributed by atoms with Gasteiger partial charge >= 0.3 is 0 Å². The molecule has 0 spiro atoms. The van der Waals surface area contributed by atoms with Crippen molar-refractivity contribution < 1.29 is 0 Å². The Morgan fingerprint density at radius 1 is 0.903 bits per heavy atom. The molecule has 2 aliphatic rings. The number of hydrogen-bond donors (Lipinski definition) is 1. The zero-order chi connectivity index (χ0) is 20.9. The Balaban J connectivity index is 1.13. The Kier molecular flexibility index (Phi) is 6.06. The molecular weight excluding hydrogens is 380 g/mol. The van der Waals surface area contributed by atoms with Gasteiger partial charge in [0, 0.05) is 43.1 Å². The quantitative estimate of drug-likeness (QED) is 0.670. The number of piperidine rings is 1. The second-order valence-electron chi connectivity index (χ2n) is 8.62. The first-order chi connectivity index (χ1) is 15.3. The lowest BCUT2D eigenvalue weighted by molar-refractivity contribution is 0.140. The molecule has 0 amide bonds. The van der Waals surface area contributed by atoms with E-state index in [0.29, 0.717) is 12.1 Å². The summed E-state index contributed by atoms with van der Waals surface area (Å²) in [5.41, 5.74) is 6.24. The van der Waals surface area contributed by atoms with Crippen LogP contribution in [0, 0.1) is 11.8 Å². The summed E-state index contributed by atoms with van der Waals surface area (Å²) in [6.07, 6.45) is 9.94. The van der Waals surface area contributed by atoms with Crippen LogP contribution in [0.5, 0.6) is 0 Å². The molecule has 1 N–H and O–H groups in total. The van der Waals surface area contributed by atoms with Gasteiger partial charge in [-0.1, -0.05) is 48.2 Å². The second-order valence-corrected chi connectivity index (χ2v) is 8.62. The molecule has 0 radical (unpaired) electrons. The maximum absolute atomic E-state index is 4.00. The lowest BCUT2D eigenvalue weighted by Gasteiger charge is -2.37. The first-order valence-electron chi connectivity index (χ1n) is 11.2. The summed E-state index contributed by atoms with van der Waals surface area (Å²) >= 11 is 0. The summed E-state index contributed by atoms with van der Waals surface area (Å²) in [5.74, 6) is 6.29. The molecule has 0 saturated carbocycles. The average molecular weight is 409 g/mol. The first kappa shape index (κ1) is 19.9. The van der Waals surface area contributed by atoms with Gasteiger partial charge in [-0.2, -0.15) is 0 Å². The van der Waals surface area contributed by atoms with E-state index in [1.165, 1.54) is 44.1 Å². The van der Waals surface area contributed by atoms with Gasteiger partial charge in [0.05, 0.1) is 5.56 Å². The Morgan fingerprint density at radius 3 is 2.35 bits per heavy atom. The Labute approximate surface area is 184 Å². The van der Waals surface area contributed by atoms with Crippen molar-refractivity contribution in [3.8, 4) is 11.8 Å². The SMILES string of the molecule is C(#Cc1cncnc1)c1ccc(CNC2CCCN(C3Cc4ccccc4C3)C2)cc1. The normalized spacial score (nSPS) is 18.9. The smallest absolute Gasteiger partial charge is 0.115 e. The predicted molar refractivity (Wildman–Crippen MR) is 124 cm³/mol. The molecule has 1 unspecified atom stereocenters. The van der Waals surface area contributed by atoms with Gasteiger partial charge < -0.3 is 5.32 Å². The molecule has 1 fully saturated rings. The summed E-state index contributed by atoms with van der Waals surface area (Å²) in [6, 6.07) is 18.7. The summed E-state index contributed by atoms with van der Waals surface area (Å²) in [5, 5.41) is 3.80. The fourth-order valence-corrected chi connectivity index (χ4v) is 4.77. The molecule has 1 aliphatic carbocycles. The molecule has 4 heteroatoms. The Bertz CT molecular complexity index is 1040. The number of fused-ring (bicyclic) bond motifs is 1. The van der Waals surface area contributed by atoms with Crippen LogP contribution in [0.15, 0.2) is 67.3 Å². The number of nitrogens with zero attached hydrogens (tertiary/aromatic N) is 3. The highest BCUT2D eigenvalue weighted by Gasteiger charge is 2.30. The van der Waals surface area contributed by atoms with Crippen LogP contribution in [0.3, 0.4) is 0 Å². The molecule has 4 nitrogen and oxygen atoms in total. The van der Waals surface area contributed by atoms with Gasteiger partial charge in [0.2, 0.25) is 0 Å². The fourth-order valence-electron chi connectivity index (χ4n) is 4.77. The van der Waals surface area contributed by atoms with Gasteiger partial charge in [-0.05, 0) is 61.1 Å². The van der Waals surface area contributed by atoms with Crippen LogP contribution >= 0.6 is 0 Å². The molecule has 31 heavy (non-hydrogen) atoms. The summed E-state index contributed by atoms with van der Waals surface area (Å²) in [7, 11) is 0. The van der Waals surface area contributed by atoms with Gasteiger partial charge in [-0.25, -0.2) is 9.97 Å². The van der Waals surface area contributed by atoms with E-state index in [4.69, 9.17) is 0 Å². The molecule has 1 atom stereocenters. The minimum Gasteiger partial charge on any atom is -0.309 e. The minimum absolute atomic E-state index is 0.565. The van der Waals surface area contributed by atoms with Crippen molar-refractivity contribution in [3.63, 3.8) is 0 Å². The average Bonchev–Trinajstić information content (AvgIpc) is 3.27. The van der Waals surface area contributed by atoms with Crippen molar-refractivity contribution in [2.24, 2.45) is 0 Å². The van der Waals surface area contributed by atoms with E-state index in [0.717, 1.165) is 24.2 Å². The molecule has 3 aromatic rings. The van der Waals surface area contributed by atoms with E-state index >= 15 is 0 Å². The topological polar surface area (TPSA) is 41.1 Å². The number of rotatable bonds is 4. The maximum Gasteiger partial charge on any atom is 0.115 e. The molecule has 2 aromatic carbocycles. The zero-order valence-electron chi connectivity index (χ0n) is 17.8. The van der Waals surface area contributed by atoms with Crippen LogP contribution in [0.1, 0.15) is 40.7 Å². The monoisotopic (exact) mass is 408 g/mol. The standard InChI is InChI=1S/C27H28N4/c1-2-5-25-15-27(14-24(25)4-1)31-13-3-6-26(19-31)30-18-22-10-7-21(8-11-22)9-12-23-16-28-20-29-17-23/h1-2,4-5,7-8,10-11,16-17,20,26-27,30H,3,6,13-15,18-19H2. The number of aromatic nitrogens is 2. The van der Waals surface area contributed by atoms with Crippen LogP contribution in [0.2, 0.25) is 0 Å². The van der Waals surface area contributed by atoms with Crippen molar-refractivity contribution in [1.29, 1.82) is 0 Å². The summed E-state index contributed by atoms with van der Waals surface area (Å²) in [4.78, 5) is 10.7. The van der Waals surface area contributed by atoms with Crippen LogP contribution in [0.25, 0.3) is 0 Å². The third kappa shape index (κ3) is 5.02. The third-order valence-electron chi connectivity index (χ3n) is 6.46. The van der Waals surface area contributed by atoms with E-state index in [1.807, 2.05) is 0 Å². The van der Waals surface area contributed by atoms with Crippen LogP contribution < -0.4 is 5.32 Å². The van der Waals surface area contributed by atoms with E-state index < -0.39 is 0 Å². The largest absolute Gasteiger partial charge is 0.309 e. The van der Waals surface area contributed by atoms with E-state index in [9.17, 15) is 0 Å². The van der Waals surface area contributed by atoms with Crippen molar-refractivity contribution in [2.45, 2.75) is 44.3 Å². The van der Waals surface area contributed by atoms with E-state index in [1.54, 1.807) is 23.5 Å². The molecule has 0 bridgehead atoms. The van der Waals surface area contributed by atoms with E-state index in [2.05, 4.69) is 80.6 Å². The molecule has 1 aliphatic heterocycles. The molecule has 156 valence electrons. The van der Waals surface area contributed by atoms with Gasteiger partial charge in [0.1, 0.15) is 6.33 Å². The fraction of sp³-hybridized carbons (Fsp3) is 0.333. The Morgan fingerprint density at radius 2 is 1.61 bits per heavy atom. The van der Waals surface area contributed by atoms with Gasteiger partial charge in [0.25, 0.3) is 0 Å². The van der Waals surface area contributed by atoms with Crippen molar-refractivity contribution in [1.82, 2.24) is 20.2 Å². The molecular formula is C27H28N4. The van der Waals surface area contributed by atoms with Crippen molar-refractivity contribution >= 4 is 0 Å². The van der Waals surface area contributed by atoms with Crippen LogP contribution in [-0.2, 0) is 19.4 Å². The highest BCUT2D eigenvalue weighted by Crippen LogP contribution is 2.27. The zero-order valence-corrected chi connectivity index (χ0v) is 17.8. The van der Waals surface area contributed by atoms with Gasteiger partial charge in [-0.15, -0.1) is 0 Å². The number of likely N-dealkylation sites (tertiary alicyclic amines) is 1. The highest BCUT2D eigenvalue weighted by atomic mass is 15.2. The third-order valence-corrected chi connectivity index (χ3v) is 6.46. The number of nitrogens with one attached hydrogen (secondary N) is 1. The first-order valence-corrected chi connectivity index (χ1v) is 11.2. The highest BCUT2D eigenvalue weighted by molar-refractivity contribution is 5.41. The summed E-state index contributed by atoms with van der Waals surface area (Å²) in [6.45, 7) is 3.29. The van der Waals surface area contributed by atoms with Crippen molar-refractivity contribution in [2.75, 3.05) is 13.1 Å². The van der Waals surface area contributed by atoms with Gasteiger partial charge in [-0.3, -0.25) is 4.90 Å². The molecule has 2 heterocycles. The lowest BCUT2D eigenvalue weighted by Crippen LogP contribution is -2.49. The molecule has 1 saturated heterocycles. The predicted octanol–water partition coefficient (Wildman–Crippen LogP) is 3.60. The van der Waals surface area contributed by atoms with E-state index in [-0.39, 0.29) is 0 Å². The van der Waals surface area contributed by atoms with Crippen LogP contribution in [0.4, 0.5) is 0 Å². The van der Waals surface area contributed by atoms with Gasteiger partial charge in [0.15, 0.2) is 0 Å². The Hall–Kier alpha value is -3.00. The lowest BCUT2D eigenvalue weighted by atomic mass is 10.0. The van der Waals surface area contributed by atoms with Crippen LogP contribution in [-0.4, -0.2) is 40.0 Å². The number of hydrogen-bond acceptors (Lipinski definition) is 4. The second kappa shape index (κ2) is 9.43. The number of benzene rings is 2. The minimum atomic E-state index is 0.565.